The standard InChI is InChI=1S/C14H20N4O2S/c19-12-11(21-14(20)18-12)8-10-6-7-15-13(17-10)16-9-4-2-1-3-5-9/h6,8-9,13,15-17H,1-5,7H2,(H,18,19,20)/b11-8-. The Morgan fingerprint density at radius 3 is 2.76 bits per heavy atom. The summed E-state index contributed by atoms with van der Waals surface area (Å²) >= 11 is 0.944. The fourth-order valence-electron chi connectivity index (χ4n) is 2.83. The normalized spacial score (nSPS) is 29.2. The molecule has 0 aromatic heterocycles. The van der Waals surface area contributed by atoms with Gasteiger partial charge in [-0.05, 0) is 36.8 Å². The van der Waals surface area contributed by atoms with Gasteiger partial charge in [0.05, 0.1) is 4.91 Å². The largest absolute Gasteiger partial charge is 0.358 e. The lowest BCUT2D eigenvalue weighted by Crippen LogP contribution is -2.57. The highest BCUT2D eigenvalue weighted by molar-refractivity contribution is 8.18. The van der Waals surface area contributed by atoms with Crippen LogP contribution in [0.3, 0.4) is 0 Å². The lowest BCUT2D eigenvalue weighted by molar-refractivity contribution is -0.115. The van der Waals surface area contributed by atoms with Crippen LogP contribution in [0, 0.1) is 0 Å². The number of thioether (sulfide) groups is 1. The molecule has 2 fully saturated rings. The summed E-state index contributed by atoms with van der Waals surface area (Å²) in [6.07, 6.45) is 10.1. The van der Waals surface area contributed by atoms with Crippen LogP contribution in [0.5, 0.6) is 0 Å². The van der Waals surface area contributed by atoms with E-state index in [0.29, 0.717) is 10.9 Å². The van der Waals surface area contributed by atoms with Gasteiger partial charge in [0, 0.05) is 18.3 Å². The van der Waals surface area contributed by atoms with Gasteiger partial charge in [0.2, 0.25) is 0 Å². The van der Waals surface area contributed by atoms with E-state index < -0.39 is 0 Å². The summed E-state index contributed by atoms with van der Waals surface area (Å²) in [4.78, 5) is 23.1. The van der Waals surface area contributed by atoms with Crippen molar-refractivity contribution in [3.8, 4) is 0 Å². The summed E-state index contributed by atoms with van der Waals surface area (Å²) in [5.74, 6) is -0.317. The van der Waals surface area contributed by atoms with Crippen molar-refractivity contribution in [2.45, 2.75) is 44.4 Å². The van der Waals surface area contributed by atoms with Crippen molar-refractivity contribution >= 4 is 22.9 Å². The SMILES string of the molecule is O=C1NC(=O)/C(=C/C2=CCNC(NC3CCCCC3)N2)S1. The Morgan fingerprint density at radius 1 is 1.24 bits per heavy atom. The second-order valence-electron chi connectivity index (χ2n) is 5.50. The van der Waals surface area contributed by atoms with Crippen molar-refractivity contribution < 1.29 is 9.59 Å². The molecule has 1 saturated heterocycles. The zero-order valence-electron chi connectivity index (χ0n) is 11.8. The van der Waals surface area contributed by atoms with E-state index in [1.54, 1.807) is 6.08 Å². The molecule has 1 unspecified atom stereocenters. The van der Waals surface area contributed by atoms with Crippen LogP contribution in [-0.4, -0.2) is 30.0 Å². The molecule has 2 amide bonds. The molecule has 0 bridgehead atoms. The first-order chi connectivity index (χ1) is 10.2. The third kappa shape index (κ3) is 3.87. The van der Waals surface area contributed by atoms with Gasteiger partial charge in [-0.25, -0.2) is 0 Å². The molecule has 1 saturated carbocycles. The van der Waals surface area contributed by atoms with Gasteiger partial charge in [0.1, 0.15) is 6.29 Å². The highest BCUT2D eigenvalue weighted by Crippen LogP contribution is 2.24. The van der Waals surface area contributed by atoms with E-state index in [4.69, 9.17) is 0 Å². The van der Waals surface area contributed by atoms with E-state index in [1.165, 1.54) is 32.1 Å². The van der Waals surface area contributed by atoms with Gasteiger partial charge < -0.3 is 5.32 Å². The van der Waals surface area contributed by atoms with Crippen molar-refractivity contribution in [2.75, 3.05) is 6.54 Å². The lowest BCUT2D eigenvalue weighted by Gasteiger charge is -2.32. The maximum absolute atomic E-state index is 11.5. The molecule has 0 aromatic carbocycles. The highest BCUT2D eigenvalue weighted by atomic mass is 32.2. The van der Waals surface area contributed by atoms with E-state index in [0.717, 1.165) is 24.0 Å². The molecule has 3 rings (SSSR count). The first kappa shape index (κ1) is 14.6. The van der Waals surface area contributed by atoms with Crippen molar-refractivity contribution in [2.24, 2.45) is 0 Å². The molecule has 21 heavy (non-hydrogen) atoms. The van der Waals surface area contributed by atoms with Gasteiger partial charge in [0.15, 0.2) is 0 Å². The summed E-state index contributed by atoms with van der Waals surface area (Å²) in [5.41, 5.74) is 0.870. The predicted molar refractivity (Wildman–Crippen MR) is 82.2 cm³/mol. The Bertz CT molecular complexity index is 497. The maximum atomic E-state index is 11.5. The highest BCUT2D eigenvalue weighted by Gasteiger charge is 2.26. The molecule has 1 aliphatic carbocycles. The number of carbonyl (C=O) groups is 2. The monoisotopic (exact) mass is 308 g/mol. The number of imide groups is 1. The van der Waals surface area contributed by atoms with Gasteiger partial charge in [-0.1, -0.05) is 19.3 Å². The number of nitrogens with one attached hydrogen (secondary N) is 4. The van der Waals surface area contributed by atoms with Crippen molar-refractivity contribution in [1.82, 2.24) is 21.3 Å². The average Bonchev–Trinajstić information content (AvgIpc) is 2.78. The van der Waals surface area contributed by atoms with Crippen LogP contribution in [0.2, 0.25) is 0 Å². The number of amides is 2. The van der Waals surface area contributed by atoms with E-state index in [-0.39, 0.29) is 17.4 Å². The minimum Gasteiger partial charge on any atom is -0.358 e. The lowest BCUT2D eigenvalue weighted by atomic mass is 9.95. The Hall–Kier alpha value is -1.31. The smallest absolute Gasteiger partial charge is 0.290 e. The quantitative estimate of drug-likeness (QED) is 0.585. The van der Waals surface area contributed by atoms with Crippen LogP contribution < -0.4 is 21.3 Å². The summed E-state index contributed by atoms with van der Waals surface area (Å²) in [7, 11) is 0. The summed E-state index contributed by atoms with van der Waals surface area (Å²) < 4.78 is 0. The van der Waals surface area contributed by atoms with Crippen molar-refractivity contribution in [3.05, 3.63) is 22.8 Å². The number of allylic oxidation sites excluding steroid dienone is 1. The third-order valence-electron chi connectivity index (χ3n) is 3.89. The minimum atomic E-state index is -0.317. The number of rotatable bonds is 3. The molecule has 2 aliphatic heterocycles. The van der Waals surface area contributed by atoms with Crippen LogP contribution in [-0.2, 0) is 4.79 Å². The fraction of sp³-hybridized carbons (Fsp3) is 0.571. The van der Waals surface area contributed by atoms with Crippen LogP contribution in [0.4, 0.5) is 4.79 Å². The number of carbonyl (C=O) groups excluding carboxylic acids is 2. The van der Waals surface area contributed by atoms with Gasteiger partial charge in [-0.3, -0.25) is 25.5 Å². The Kier molecular flexibility index (Phi) is 4.62. The molecule has 1 atom stereocenters. The maximum Gasteiger partial charge on any atom is 0.290 e. The molecule has 3 aliphatic rings. The molecular formula is C14H20N4O2S. The van der Waals surface area contributed by atoms with E-state index >= 15 is 0 Å². The zero-order chi connectivity index (χ0) is 14.7. The van der Waals surface area contributed by atoms with Gasteiger partial charge >= 0.3 is 0 Å². The number of hydrogen-bond acceptors (Lipinski definition) is 6. The molecule has 2 heterocycles. The Labute approximate surface area is 128 Å². The average molecular weight is 308 g/mol. The van der Waals surface area contributed by atoms with Gasteiger partial charge in [-0.2, -0.15) is 0 Å². The van der Waals surface area contributed by atoms with Crippen LogP contribution in [0.25, 0.3) is 0 Å². The predicted octanol–water partition coefficient (Wildman–Crippen LogP) is 1.14. The Morgan fingerprint density at radius 2 is 2.05 bits per heavy atom. The third-order valence-corrected chi connectivity index (χ3v) is 4.70. The first-order valence-electron chi connectivity index (χ1n) is 7.42. The molecule has 0 radical (unpaired) electrons. The molecule has 7 heteroatoms. The van der Waals surface area contributed by atoms with E-state index in [2.05, 4.69) is 21.3 Å². The minimum absolute atomic E-state index is 0.00937. The first-order valence-corrected chi connectivity index (χ1v) is 8.23. The topological polar surface area (TPSA) is 82.3 Å². The molecular weight excluding hydrogens is 288 g/mol. The van der Waals surface area contributed by atoms with Crippen LogP contribution in [0.15, 0.2) is 22.8 Å². The van der Waals surface area contributed by atoms with E-state index in [1.807, 2.05) is 6.08 Å². The van der Waals surface area contributed by atoms with Gasteiger partial charge in [0.25, 0.3) is 11.1 Å². The second-order valence-corrected chi connectivity index (χ2v) is 6.51. The van der Waals surface area contributed by atoms with E-state index in [9.17, 15) is 9.59 Å². The Balaban J connectivity index is 1.57. The molecule has 4 N–H and O–H groups in total. The summed E-state index contributed by atoms with van der Waals surface area (Å²) in [6, 6.07) is 0.543. The van der Waals surface area contributed by atoms with Crippen LogP contribution >= 0.6 is 11.8 Å². The molecule has 114 valence electrons. The van der Waals surface area contributed by atoms with Crippen LogP contribution in [0.1, 0.15) is 32.1 Å². The molecule has 6 nitrogen and oxygen atoms in total. The fourth-order valence-corrected chi connectivity index (χ4v) is 3.50. The van der Waals surface area contributed by atoms with Crippen molar-refractivity contribution in [1.29, 1.82) is 0 Å². The number of hydrogen-bond donors (Lipinski definition) is 4. The summed E-state index contributed by atoms with van der Waals surface area (Å²) in [5, 5.41) is 12.2. The second kappa shape index (κ2) is 6.64. The summed E-state index contributed by atoms with van der Waals surface area (Å²) in [6.45, 7) is 0.733. The van der Waals surface area contributed by atoms with Crippen molar-refractivity contribution in [3.63, 3.8) is 0 Å². The van der Waals surface area contributed by atoms with Gasteiger partial charge in [-0.15, -0.1) is 0 Å². The zero-order valence-corrected chi connectivity index (χ0v) is 12.6. The molecule has 0 aromatic rings. The molecule has 0 spiro atoms.